The topological polar surface area (TPSA) is 74.8 Å². The average molecular weight is 345 g/mol. The van der Waals surface area contributed by atoms with E-state index in [4.69, 9.17) is 0 Å². The molecule has 0 aliphatic carbocycles. The van der Waals surface area contributed by atoms with Gasteiger partial charge in [0.2, 0.25) is 20.0 Å². The lowest BCUT2D eigenvalue weighted by atomic mass is 10.3. The summed E-state index contributed by atoms with van der Waals surface area (Å²) >= 11 is 0. The molecule has 0 aromatic heterocycles. The largest absolute Gasteiger partial charge is 0.216 e. The van der Waals surface area contributed by atoms with Crippen LogP contribution in [0.15, 0.2) is 0 Å². The summed E-state index contributed by atoms with van der Waals surface area (Å²) in [5, 5.41) is -0.569. The fraction of sp³-hybridized carbons (Fsp3) is 1.00. The molecule has 0 unspecified atom stereocenters. The first-order valence-corrected chi connectivity index (χ1v) is 10.3. The first-order valence-electron chi connectivity index (χ1n) is 7.34. The summed E-state index contributed by atoms with van der Waals surface area (Å²) in [6.45, 7) is 12.2. The molecule has 1 saturated heterocycles. The first-order chi connectivity index (χ1) is 9.44. The number of nitrogens with zero attached hydrogens (tertiary/aromatic N) is 2. The van der Waals surface area contributed by atoms with Crippen LogP contribution in [0.25, 0.3) is 0 Å². The van der Waals surface area contributed by atoms with E-state index in [1.165, 1.54) is 22.7 Å². The van der Waals surface area contributed by atoms with Crippen LogP contribution in [0.1, 0.15) is 48.0 Å². The Bertz CT molecular complexity index is 450. The quantitative estimate of drug-likeness (QED) is 0.778. The lowest BCUT2D eigenvalue weighted by Crippen LogP contribution is -2.45. The summed E-state index contributed by atoms with van der Waals surface area (Å²) < 4.78 is 47.2. The van der Waals surface area contributed by atoms with Gasteiger partial charge in [-0.1, -0.05) is 13.8 Å². The lowest BCUT2D eigenvalue weighted by Gasteiger charge is -2.31. The predicted molar refractivity (Wildman–Crippen MR) is 89.3 cm³/mol. The second kappa shape index (κ2) is 9.76. The third-order valence-electron chi connectivity index (χ3n) is 2.88. The zero-order chi connectivity index (χ0) is 17.4. The number of hydrogen-bond donors (Lipinski definition) is 0. The molecule has 130 valence electrons. The van der Waals surface area contributed by atoms with Gasteiger partial charge in [-0.05, 0) is 34.1 Å². The van der Waals surface area contributed by atoms with Crippen molar-refractivity contribution >= 4 is 20.0 Å². The van der Waals surface area contributed by atoms with Crippen LogP contribution in [0.4, 0.5) is 0 Å². The molecule has 0 aromatic rings. The van der Waals surface area contributed by atoms with E-state index in [9.17, 15) is 16.8 Å². The SMILES string of the molecule is CC.CC(C)S(=O)(=O)N(C)C.CC(C)S(=O)(=O)N1CCC1. The number of rotatable bonds is 4. The van der Waals surface area contributed by atoms with Gasteiger partial charge in [-0.2, -0.15) is 0 Å². The minimum atomic E-state index is -2.98. The zero-order valence-corrected chi connectivity index (χ0v) is 16.3. The molecule has 1 rings (SSSR count). The molecule has 0 spiro atoms. The summed E-state index contributed by atoms with van der Waals surface area (Å²) in [7, 11) is -2.81. The molecule has 1 aliphatic heterocycles. The van der Waals surface area contributed by atoms with Gasteiger partial charge in [0.05, 0.1) is 10.5 Å². The van der Waals surface area contributed by atoms with Gasteiger partial charge in [0, 0.05) is 27.2 Å². The number of sulfonamides is 2. The summed E-state index contributed by atoms with van der Waals surface area (Å²) in [6.07, 6.45) is 1.02. The second-order valence-electron chi connectivity index (χ2n) is 5.22. The Hall–Kier alpha value is -0.180. The Balaban J connectivity index is 0. The normalized spacial score (nSPS) is 16.0. The molecule has 6 nitrogen and oxygen atoms in total. The van der Waals surface area contributed by atoms with E-state index in [0.29, 0.717) is 0 Å². The average Bonchev–Trinajstić information content (AvgIpc) is 2.28. The lowest BCUT2D eigenvalue weighted by molar-refractivity contribution is 0.306. The minimum Gasteiger partial charge on any atom is -0.212 e. The van der Waals surface area contributed by atoms with Crippen molar-refractivity contribution in [1.29, 1.82) is 0 Å². The van der Waals surface area contributed by atoms with Crippen LogP contribution in [0, 0.1) is 0 Å². The monoisotopic (exact) mass is 344 g/mol. The highest BCUT2D eigenvalue weighted by molar-refractivity contribution is 7.89. The van der Waals surface area contributed by atoms with Crippen molar-refractivity contribution in [2.45, 2.75) is 58.5 Å². The van der Waals surface area contributed by atoms with Gasteiger partial charge in [0.15, 0.2) is 0 Å². The molecule has 1 aliphatic rings. The highest BCUT2D eigenvalue weighted by Gasteiger charge is 2.29. The Morgan fingerprint density at radius 2 is 1.24 bits per heavy atom. The summed E-state index contributed by atoms with van der Waals surface area (Å²) in [4.78, 5) is 0. The van der Waals surface area contributed by atoms with Crippen LogP contribution >= 0.6 is 0 Å². The molecule has 0 N–H and O–H groups in total. The Kier molecular flexibility index (Phi) is 10.7. The van der Waals surface area contributed by atoms with Crippen molar-refractivity contribution in [3.63, 3.8) is 0 Å². The minimum absolute atomic E-state index is 0.257. The van der Waals surface area contributed by atoms with E-state index in [1.807, 2.05) is 13.8 Å². The van der Waals surface area contributed by atoms with Gasteiger partial charge >= 0.3 is 0 Å². The van der Waals surface area contributed by atoms with E-state index < -0.39 is 20.0 Å². The van der Waals surface area contributed by atoms with Gasteiger partial charge in [-0.25, -0.2) is 25.4 Å². The molecule has 0 amide bonds. The van der Waals surface area contributed by atoms with Crippen LogP contribution in [-0.2, 0) is 20.0 Å². The molecule has 8 heteroatoms. The Morgan fingerprint density at radius 1 is 0.857 bits per heavy atom. The molecule has 0 saturated carbocycles. The third kappa shape index (κ3) is 7.08. The van der Waals surface area contributed by atoms with Gasteiger partial charge in [-0.15, -0.1) is 0 Å². The van der Waals surface area contributed by atoms with Crippen LogP contribution in [0.3, 0.4) is 0 Å². The van der Waals surface area contributed by atoms with E-state index in [2.05, 4.69) is 0 Å². The molecule has 0 atom stereocenters. The van der Waals surface area contributed by atoms with Crippen LogP contribution in [0.5, 0.6) is 0 Å². The van der Waals surface area contributed by atoms with E-state index in [0.717, 1.165) is 19.5 Å². The molecule has 0 aromatic carbocycles. The maximum Gasteiger partial charge on any atom is 0.216 e. The standard InChI is InChI=1S/C6H13NO2S.C5H13NO2S.C2H6/c1-6(2)10(8,9)7-4-3-5-7;1-5(2)9(7,8)6(3)4;1-2/h6H,3-5H2,1-2H3;5H,1-4H3;1-2H3. The van der Waals surface area contributed by atoms with Gasteiger partial charge in [-0.3, -0.25) is 0 Å². The van der Waals surface area contributed by atoms with Crippen molar-refractivity contribution in [2.24, 2.45) is 0 Å². The van der Waals surface area contributed by atoms with Crippen molar-refractivity contribution in [2.75, 3.05) is 27.2 Å². The summed E-state index contributed by atoms with van der Waals surface area (Å²) in [5.74, 6) is 0. The summed E-state index contributed by atoms with van der Waals surface area (Å²) in [6, 6.07) is 0. The van der Waals surface area contributed by atoms with Crippen LogP contribution in [-0.4, -0.2) is 63.1 Å². The van der Waals surface area contributed by atoms with Crippen molar-refractivity contribution in [1.82, 2.24) is 8.61 Å². The fourth-order valence-corrected chi connectivity index (χ4v) is 3.47. The molecule has 0 radical (unpaired) electrons. The van der Waals surface area contributed by atoms with Crippen molar-refractivity contribution < 1.29 is 16.8 Å². The van der Waals surface area contributed by atoms with E-state index >= 15 is 0 Å². The van der Waals surface area contributed by atoms with Crippen molar-refractivity contribution in [3.05, 3.63) is 0 Å². The van der Waals surface area contributed by atoms with Gasteiger partial charge in [0.25, 0.3) is 0 Å². The zero-order valence-electron chi connectivity index (χ0n) is 14.6. The Labute approximate surface area is 131 Å². The molecular formula is C13H32N2O4S2. The smallest absolute Gasteiger partial charge is 0.212 e. The Morgan fingerprint density at radius 3 is 1.29 bits per heavy atom. The predicted octanol–water partition coefficient (Wildman–Crippen LogP) is 1.74. The van der Waals surface area contributed by atoms with Gasteiger partial charge in [0.1, 0.15) is 0 Å². The summed E-state index contributed by atoms with van der Waals surface area (Å²) in [5.41, 5.74) is 0. The highest BCUT2D eigenvalue weighted by Crippen LogP contribution is 2.15. The van der Waals surface area contributed by atoms with E-state index in [-0.39, 0.29) is 10.5 Å². The molecular weight excluding hydrogens is 312 g/mol. The first kappa shape index (κ1) is 23.1. The maximum absolute atomic E-state index is 11.2. The highest BCUT2D eigenvalue weighted by atomic mass is 32.2. The second-order valence-corrected chi connectivity index (χ2v) is 10.4. The van der Waals surface area contributed by atoms with Crippen LogP contribution in [0.2, 0.25) is 0 Å². The molecule has 1 heterocycles. The molecule has 21 heavy (non-hydrogen) atoms. The van der Waals surface area contributed by atoms with E-state index in [1.54, 1.807) is 27.7 Å². The molecule has 0 bridgehead atoms. The fourth-order valence-electron chi connectivity index (χ4n) is 1.26. The third-order valence-corrected chi connectivity index (χ3v) is 7.36. The van der Waals surface area contributed by atoms with Crippen molar-refractivity contribution in [3.8, 4) is 0 Å². The van der Waals surface area contributed by atoms with Gasteiger partial charge < -0.3 is 0 Å². The maximum atomic E-state index is 11.2. The molecule has 1 fully saturated rings. The number of hydrogen-bond acceptors (Lipinski definition) is 4. The van der Waals surface area contributed by atoms with Crippen LogP contribution < -0.4 is 0 Å².